The van der Waals surface area contributed by atoms with Crippen LogP contribution in [-0.2, 0) is 9.59 Å². The van der Waals surface area contributed by atoms with Crippen molar-refractivity contribution in [3.05, 3.63) is 59.5 Å². The van der Waals surface area contributed by atoms with E-state index < -0.39 is 24.3 Å². The van der Waals surface area contributed by atoms with E-state index in [9.17, 15) is 31.1 Å². The van der Waals surface area contributed by atoms with Gasteiger partial charge in [0.15, 0.2) is 0 Å². The first kappa shape index (κ1) is 31.7. The molecular formula is C24H23F6N5O5. The Morgan fingerprint density at radius 2 is 1.32 bits per heavy atom. The summed E-state index contributed by atoms with van der Waals surface area (Å²) in [7, 11) is 0. The fourth-order valence-corrected chi connectivity index (χ4v) is 3.34. The first-order chi connectivity index (χ1) is 18.5. The molecule has 10 nitrogen and oxygen atoms in total. The zero-order chi connectivity index (χ0) is 30.3. The van der Waals surface area contributed by atoms with Gasteiger partial charge < -0.3 is 20.0 Å². The van der Waals surface area contributed by atoms with Crippen LogP contribution in [0.1, 0.15) is 21.6 Å². The Bertz CT molecular complexity index is 1320. The molecule has 3 heterocycles. The minimum absolute atomic E-state index is 0.0482. The highest BCUT2D eigenvalue weighted by Gasteiger charge is 2.38. The van der Waals surface area contributed by atoms with Gasteiger partial charge in [0.2, 0.25) is 5.95 Å². The molecule has 0 radical (unpaired) electrons. The number of piperazine rings is 1. The smallest absolute Gasteiger partial charge is 0.475 e. The van der Waals surface area contributed by atoms with Crippen molar-refractivity contribution in [3.63, 3.8) is 0 Å². The van der Waals surface area contributed by atoms with E-state index in [0.717, 1.165) is 41.2 Å². The number of benzene rings is 1. The maximum absolute atomic E-state index is 13.0. The summed E-state index contributed by atoms with van der Waals surface area (Å²) in [6.45, 7) is 6.72. The zero-order valence-electron chi connectivity index (χ0n) is 21.0. The molecule has 1 aliphatic rings. The summed E-state index contributed by atoms with van der Waals surface area (Å²) in [6, 6.07) is 9.90. The number of carboxylic acids is 2. The molecule has 216 valence electrons. The van der Waals surface area contributed by atoms with Crippen LogP contribution in [0.5, 0.6) is 0 Å². The molecule has 16 heteroatoms. The molecule has 0 spiro atoms. The minimum Gasteiger partial charge on any atom is -0.475 e. The molecule has 1 aromatic carbocycles. The number of carbonyl (C=O) groups is 3. The van der Waals surface area contributed by atoms with Gasteiger partial charge in [0.05, 0.1) is 16.8 Å². The van der Waals surface area contributed by atoms with Crippen molar-refractivity contribution in [2.75, 3.05) is 31.1 Å². The van der Waals surface area contributed by atoms with Gasteiger partial charge in [0.25, 0.3) is 5.91 Å². The molecule has 3 aromatic rings. The summed E-state index contributed by atoms with van der Waals surface area (Å²) in [5, 5.41) is 15.3. The molecule has 1 aliphatic heterocycles. The molecule has 40 heavy (non-hydrogen) atoms. The van der Waals surface area contributed by atoms with Crippen LogP contribution in [0.2, 0.25) is 0 Å². The van der Waals surface area contributed by atoms with Crippen molar-refractivity contribution in [3.8, 4) is 0 Å². The van der Waals surface area contributed by atoms with Crippen LogP contribution >= 0.6 is 0 Å². The van der Waals surface area contributed by atoms with Gasteiger partial charge in [-0.25, -0.2) is 19.6 Å². The van der Waals surface area contributed by atoms with Gasteiger partial charge in [0, 0.05) is 44.0 Å². The highest BCUT2D eigenvalue weighted by atomic mass is 19.4. The molecule has 1 fully saturated rings. The quantitative estimate of drug-likeness (QED) is 0.437. The lowest BCUT2D eigenvalue weighted by Gasteiger charge is -2.34. The van der Waals surface area contributed by atoms with Crippen LogP contribution in [0.3, 0.4) is 0 Å². The number of nitrogens with zero attached hydrogens (tertiary/aromatic N) is 5. The standard InChI is InChI=1S/C20H21N5O.2C2HF3O2/c1-14-4-5-18-16(12-14)13-17(15(2)23-18)19(26)24-8-10-25(11-9-24)20-21-6-3-7-22-20;2*3-2(4,5)1(6)7/h3-7,12-13H,8-11H2,1-2H3;2*(H,6,7). The van der Waals surface area contributed by atoms with E-state index in [-0.39, 0.29) is 5.91 Å². The molecule has 2 N–H and O–H groups in total. The largest absolute Gasteiger partial charge is 0.490 e. The summed E-state index contributed by atoms with van der Waals surface area (Å²) in [6.07, 6.45) is -6.68. The van der Waals surface area contributed by atoms with Crippen LogP contribution in [0.25, 0.3) is 10.9 Å². The van der Waals surface area contributed by atoms with Crippen molar-refractivity contribution in [1.29, 1.82) is 0 Å². The van der Waals surface area contributed by atoms with Gasteiger partial charge in [-0.2, -0.15) is 26.3 Å². The number of pyridine rings is 1. The van der Waals surface area contributed by atoms with Crippen LogP contribution in [0.4, 0.5) is 32.3 Å². The molecule has 4 rings (SSSR count). The number of alkyl halides is 6. The van der Waals surface area contributed by atoms with E-state index in [0.29, 0.717) is 18.7 Å². The summed E-state index contributed by atoms with van der Waals surface area (Å²) in [4.78, 5) is 48.0. The van der Waals surface area contributed by atoms with Crippen LogP contribution in [0, 0.1) is 13.8 Å². The monoisotopic (exact) mass is 575 g/mol. The van der Waals surface area contributed by atoms with Crippen molar-refractivity contribution >= 4 is 34.7 Å². The van der Waals surface area contributed by atoms with Crippen LogP contribution in [0.15, 0.2) is 42.7 Å². The van der Waals surface area contributed by atoms with E-state index in [1.807, 2.05) is 36.9 Å². The number of carbonyl (C=O) groups excluding carboxylic acids is 1. The summed E-state index contributed by atoms with van der Waals surface area (Å²) in [5.41, 5.74) is 3.56. The van der Waals surface area contributed by atoms with Gasteiger partial charge in [-0.05, 0) is 38.1 Å². The molecule has 1 amide bonds. The SMILES string of the molecule is Cc1ccc2nc(C)c(C(=O)N3CCN(c4ncccn4)CC3)cc2c1.O=C(O)C(F)(F)F.O=C(O)C(F)(F)F. The average Bonchev–Trinajstić information content (AvgIpc) is 2.88. The number of hydrogen-bond donors (Lipinski definition) is 2. The fourth-order valence-electron chi connectivity index (χ4n) is 3.34. The number of aryl methyl sites for hydroxylation is 2. The van der Waals surface area contributed by atoms with Gasteiger partial charge in [-0.1, -0.05) is 11.6 Å². The number of rotatable bonds is 2. The van der Waals surface area contributed by atoms with Gasteiger partial charge in [-0.15, -0.1) is 0 Å². The van der Waals surface area contributed by atoms with E-state index in [1.54, 1.807) is 18.5 Å². The summed E-state index contributed by atoms with van der Waals surface area (Å²) in [5.74, 6) is -4.74. The second-order valence-electron chi connectivity index (χ2n) is 8.25. The Labute approximate surface area is 222 Å². The second-order valence-corrected chi connectivity index (χ2v) is 8.25. The minimum atomic E-state index is -5.08. The number of aliphatic carboxylic acids is 2. The summed E-state index contributed by atoms with van der Waals surface area (Å²) >= 11 is 0. The number of hydrogen-bond acceptors (Lipinski definition) is 7. The first-order valence-corrected chi connectivity index (χ1v) is 11.3. The molecule has 1 saturated heterocycles. The third-order valence-corrected chi connectivity index (χ3v) is 5.28. The predicted octanol–water partition coefficient (Wildman–Crippen LogP) is 3.87. The van der Waals surface area contributed by atoms with Gasteiger partial charge in [-0.3, -0.25) is 9.78 Å². The normalized spacial score (nSPS) is 13.5. The van der Waals surface area contributed by atoms with Crippen molar-refractivity contribution in [1.82, 2.24) is 19.9 Å². The first-order valence-electron chi connectivity index (χ1n) is 11.3. The summed E-state index contributed by atoms with van der Waals surface area (Å²) < 4.78 is 63.5. The molecule has 2 aromatic heterocycles. The molecule has 0 bridgehead atoms. The molecule has 0 aliphatic carbocycles. The number of aromatic nitrogens is 3. The Hall–Kier alpha value is -4.50. The maximum atomic E-state index is 13.0. The Morgan fingerprint density at radius 3 is 1.80 bits per heavy atom. The Kier molecular flexibility index (Phi) is 10.3. The average molecular weight is 575 g/mol. The number of amides is 1. The molecular weight excluding hydrogens is 552 g/mol. The van der Waals surface area contributed by atoms with Crippen LogP contribution < -0.4 is 4.90 Å². The second kappa shape index (κ2) is 13.0. The zero-order valence-corrected chi connectivity index (χ0v) is 21.0. The van der Waals surface area contributed by atoms with Gasteiger partial charge >= 0.3 is 24.3 Å². The lowest BCUT2D eigenvalue weighted by atomic mass is 10.1. The highest BCUT2D eigenvalue weighted by Crippen LogP contribution is 2.21. The number of carboxylic acid groups (broad SMARTS) is 2. The predicted molar refractivity (Wildman–Crippen MR) is 129 cm³/mol. The number of fused-ring (bicyclic) bond motifs is 1. The van der Waals surface area contributed by atoms with Crippen molar-refractivity contribution in [2.45, 2.75) is 26.2 Å². The third kappa shape index (κ3) is 9.06. The number of anilines is 1. The molecule has 0 atom stereocenters. The van der Waals surface area contributed by atoms with Crippen LogP contribution in [-0.4, -0.2) is 86.4 Å². The Morgan fingerprint density at radius 1 is 0.825 bits per heavy atom. The topological polar surface area (TPSA) is 137 Å². The number of halogens is 6. The fraction of sp³-hybridized carbons (Fsp3) is 0.333. The van der Waals surface area contributed by atoms with E-state index >= 15 is 0 Å². The van der Waals surface area contributed by atoms with E-state index in [2.05, 4.69) is 25.9 Å². The maximum Gasteiger partial charge on any atom is 0.490 e. The molecule has 0 saturated carbocycles. The van der Waals surface area contributed by atoms with E-state index in [1.165, 1.54) is 0 Å². The van der Waals surface area contributed by atoms with Crippen molar-refractivity contribution < 1.29 is 50.9 Å². The lowest BCUT2D eigenvalue weighted by Crippen LogP contribution is -2.49. The van der Waals surface area contributed by atoms with E-state index in [4.69, 9.17) is 19.8 Å². The molecule has 0 unspecified atom stereocenters. The Balaban J connectivity index is 0.000000333. The highest BCUT2D eigenvalue weighted by molar-refractivity contribution is 5.98. The van der Waals surface area contributed by atoms with Gasteiger partial charge in [0.1, 0.15) is 0 Å². The van der Waals surface area contributed by atoms with Crippen molar-refractivity contribution in [2.24, 2.45) is 0 Å². The lowest BCUT2D eigenvalue weighted by molar-refractivity contribution is -0.193. The third-order valence-electron chi connectivity index (χ3n) is 5.28.